The molecule has 19 heavy (non-hydrogen) atoms. The van der Waals surface area contributed by atoms with Gasteiger partial charge in [0.2, 0.25) is 0 Å². The first-order valence-corrected chi connectivity index (χ1v) is 9.23. The Balaban J connectivity index is 1.67. The van der Waals surface area contributed by atoms with Crippen LogP contribution in [0.4, 0.5) is 0 Å². The van der Waals surface area contributed by atoms with Gasteiger partial charge in [-0.15, -0.1) is 35.7 Å². The van der Waals surface area contributed by atoms with Gasteiger partial charge in [-0.05, 0) is 58.4 Å². The topological polar surface area (TPSA) is 0 Å². The van der Waals surface area contributed by atoms with E-state index >= 15 is 0 Å². The Morgan fingerprint density at radius 1 is 1.42 bits per heavy atom. The van der Waals surface area contributed by atoms with Gasteiger partial charge in [-0.2, -0.15) is 0 Å². The summed E-state index contributed by atoms with van der Waals surface area (Å²) in [4.78, 5) is 4.85. The second-order valence-corrected chi connectivity index (χ2v) is 8.19. The van der Waals surface area contributed by atoms with Crippen molar-refractivity contribution < 1.29 is 0 Å². The summed E-state index contributed by atoms with van der Waals surface area (Å²) >= 11 is 10.5. The summed E-state index contributed by atoms with van der Waals surface area (Å²) < 4.78 is 2.22. The van der Waals surface area contributed by atoms with Gasteiger partial charge in [-0.1, -0.05) is 17.9 Å². The first-order valence-electron chi connectivity index (χ1n) is 5.90. The zero-order chi connectivity index (χ0) is 13.0. The molecule has 1 atom stereocenters. The molecule has 4 heteroatoms. The largest absolute Gasteiger partial charge is 0.134 e. The first-order chi connectivity index (χ1) is 9.23. The van der Waals surface area contributed by atoms with Crippen LogP contribution in [0, 0.1) is 0 Å². The minimum Gasteiger partial charge on any atom is -0.134 e. The molecule has 1 spiro atoms. The fourth-order valence-corrected chi connectivity index (χ4v) is 5.86. The van der Waals surface area contributed by atoms with Crippen molar-refractivity contribution >= 4 is 68.1 Å². The standard InChI is InChI=1S/C15H9IS3/c16-6-5-11(17)12-3-4-13(18-12)14-7-9-1-2-10-8-15(9,10)19-14/h1-4,6-7,17H,8H2. The lowest BCUT2D eigenvalue weighted by atomic mass is 10.1. The maximum atomic E-state index is 4.48. The van der Waals surface area contributed by atoms with Gasteiger partial charge in [0.05, 0.1) is 9.65 Å². The van der Waals surface area contributed by atoms with E-state index in [9.17, 15) is 0 Å². The van der Waals surface area contributed by atoms with Crippen LogP contribution in [0.5, 0.6) is 0 Å². The molecule has 1 aromatic heterocycles. The van der Waals surface area contributed by atoms with Crippen LogP contribution in [0.1, 0.15) is 16.2 Å². The molecule has 4 rings (SSSR count). The lowest BCUT2D eigenvalue weighted by Crippen LogP contribution is -1.96. The Hall–Kier alpha value is -0.130. The second-order valence-electron chi connectivity index (χ2n) is 4.69. The first kappa shape index (κ1) is 12.6. The Bertz CT molecular complexity index is 741. The Morgan fingerprint density at radius 2 is 2.32 bits per heavy atom. The predicted molar refractivity (Wildman–Crippen MR) is 97.9 cm³/mol. The van der Waals surface area contributed by atoms with Gasteiger partial charge < -0.3 is 0 Å². The summed E-state index contributed by atoms with van der Waals surface area (Å²) in [6, 6.07) is 4.34. The van der Waals surface area contributed by atoms with Crippen molar-refractivity contribution in [3.05, 3.63) is 61.1 Å². The van der Waals surface area contributed by atoms with Crippen LogP contribution in [0.3, 0.4) is 0 Å². The highest BCUT2D eigenvalue weighted by molar-refractivity contribution is 14.1. The zero-order valence-corrected chi connectivity index (χ0v) is 14.5. The number of hydrogen-bond donors (Lipinski definition) is 1. The number of halogens is 1. The quantitative estimate of drug-likeness (QED) is 0.371. The Kier molecular flexibility index (Phi) is 2.94. The van der Waals surface area contributed by atoms with E-state index < -0.39 is 0 Å². The molecule has 2 heterocycles. The van der Waals surface area contributed by atoms with Crippen molar-refractivity contribution in [2.45, 2.75) is 11.2 Å². The second kappa shape index (κ2) is 4.43. The maximum Gasteiger partial charge on any atom is 0.0706 e. The summed E-state index contributed by atoms with van der Waals surface area (Å²) in [5.74, 6) is 0. The summed E-state index contributed by atoms with van der Waals surface area (Å²) in [7, 11) is 0. The van der Waals surface area contributed by atoms with E-state index in [1.807, 2.05) is 15.8 Å². The molecule has 0 amide bonds. The summed E-state index contributed by atoms with van der Waals surface area (Å²) in [6.45, 7) is 0. The van der Waals surface area contributed by atoms with Crippen molar-refractivity contribution in [2.24, 2.45) is 0 Å². The molecule has 94 valence electrons. The minimum atomic E-state index is 0.348. The van der Waals surface area contributed by atoms with Gasteiger partial charge in [0.15, 0.2) is 0 Å². The fraction of sp³-hybridized carbons (Fsp3) is 0.133. The number of thiophene rings is 1. The third-order valence-electron chi connectivity index (χ3n) is 3.61. The molecule has 1 saturated carbocycles. The molecule has 0 aromatic carbocycles. The van der Waals surface area contributed by atoms with E-state index in [0.29, 0.717) is 4.75 Å². The van der Waals surface area contributed by atoms with Crippen LogP contribution in [0.2, 0.25) is 0 Å². The van der Waals surface area contributed by atoms with E-state index in [0.717, 1.165) is 4.91 Å². The minimum absolute atomic E-state index is 0.348. The Morgan fingerprint density at radius 3 is 3.05 bits per heavy atom. The van der Waals surface area contributed by atoms with Crippen LogP contribution in [-0.4, -0.2) is 4.75 Å². The van der Waals surface area contributed by atoms with E-state index in [-0.39, 0.29) is 0 Å². The van der Waals surface area contributed by atoms with Crippen molar-refractivity contribution in [3.63, 3.8) is 0 Å². The van der Waals surface area contributed by atoms with Crippen molar-refractivity contribution in [3.8, 4) is 0 Å². The van der Waals surface area contributed by atoms with Crippen LogP contribution < -0.4 is 0 Å². The molecule has 0 saturated heterocycles. The molecule has 1 unspecified atom stereocenters. The van der Waals surface area contributed by atoms with Gasteiger partial charge in [0, 0.05) is 18.7 Å². The predicted octanol–water partition coefficient (Wildman–Crippen LogP) is 5.66. The summed E-state index contributed by atoms with van der Waals surface area (Å²) in [6.07, 6.45) is 8.16. The SMILES string of the molecule is SC(=C=CI)c1ccc(C2=CC3=CC=C4CC34S2)s1. The number of rotatable bonds is 2. The highest BCUT2D eigenvalue weighted by Gasteiger charge is 2.57. The molecule has 0 radical (unpaired) electrons. The number of thiol groups is 1. The highest BCUT2D eigenvalue weighted by Crippen LogP contribution is 2.69. The van der Waals surface area contributed by atoms with Crippen molar-refractivity contribution in [1.82, 2.24) is 0 Å². The van der Waals surface area contributed by atoms with E-state index in [1.54, 1.807) is 16.9 Å². The Labute approximate surface area is 139 Å². The summed E-state index contributed by atoms with van der Waals surface area (Å²) in [5, 5.41) is 0. The molecule has 2 aliphatic carbocycles. The normalized spacial score (nSPS) is 25.9. The third-order valence-corrected chi connectivity index (χ3v) is 7.25. The third kappa shape index (κ3) is 1.88. The molecule has 1 aromatic rings. The molecule has 0 nitrogen and oxygen atoms in total. The fourth-order valence-electron chi connectivity index (χ4n) is 2.56. The average Bonchev–Trinajstić information content (AvgIpc) is 2.78. The van der Waals surface area contributed by atoms with Crippen LogP contribution in [0.25, 0.3) is 9.81 Å². The zero-order valence-electron chi connectivity index (χ0n) is 9.81. The smallest absolute Gasteiger partial charge is 0.0706 e. The van der Waals surface area contributed by atoms with Crippen LogP contribution in [-0.2, 0) is 0 Å². The summed E-state index contributed by atoms with van der Waals surface area (Å²) in [5.41, 5.74) is 6.21. The number of allylic oxidation sites excluding steroid dienone is 3. The van der Waals surface area contributed by atoms with Crippen molar-refractivity contribution in [2.75, 3.05) is 0 Å². The molecular weight excluding hydrogens is 403 g/mol. The van der Waals surface area contributed by atoms with Gasteiger partial charge in [0.25, 0.3) is 0 Å². The number of thioether (sulfide) groups is 1. The van der Waals surface area contributed by atoms with Crippen LogP contribution in [0.15, 0.2) is 51.3 Å². The van der Waals surface area contributed by atoms with E-state index in [2.05, 4.69) is 71.3 Å². The molecular formula is C15H9IS3. The van der Waals surface area contributed by atoms with E-state index in [4.69, 9.17) is 0 Å². The van der Waals surface area contributed by atoms with Gasteiger partial charge in [-0.3, -0.25) is 0 Å². The molecule has 1 aliphatic heterocycles. The molecule has 1 fully saturated rings. The van der Waals surface area contributed by atoms with Gasteiger partial charge in [-0.25, -0.2) is 0 Å². The van der Waals surface area contributed by atoms with E-state index in [1.165, 1.54) is 26.7 Å². The molecule has 0 N–H and O–H groups in total. The van der Waals surface area contributed by atoms with Crippen LogP contribution >= 0.6 is 58.3 Å². The van der Waals surface area contributed by atoms with Gasteiger partial charge >= 0.3 is 0 Å². The maximum absolute atomic E-state index is 4.48. The lowest BCUT2D eigenvalue weighted by Gasteiger charge is -2.04. The average molecular weight is 412 g/mol. The lowest BCUT2D eigenvalue weighted by molar-refractivity contribution is 1.18. The van der Waals surface area contributed by atoms with Gasteiger partial charge in [0.1, 0.15) is 0 Å². The number of hydrogen-bond acceptors (Lipinski definition) is 3. The monoisotopic (exact) mass is 412 g/mol. The van der Waals surface area contributed by atoms with Crippen molar-refractivity contribution in [1.29, 1.82) is 0 Å². The molecule has 3 aliphatic rings. The molecule has 0 bridgehead atoms. The highest BCUT2D eigenvalue weighted by atomic mass is 127.